The maximum absolute atomic E-state index is 9.51. The fourth-order valence-electron chi connectivity index (χ4n) is 0. The van der Waals surface area contributed by atoms with Crippen molar-refractivity contribution in [2.75, 3.05) is 0 Å². The predicted molar refractivity (Wildman–Crippen MR) is 23.5 cm³/mol. The largest absolute Gasteiger partial charge is 0.549 e. The molecule has 0 radical (unpaired) electrons. The predicted octanol–water partition coefficient (Wildman–Crippen LogP) is -0.945. The van der Waals surface area contributed by atoms with Crippen molar-refractivity contribution in [2.24, 2.45) is 0 Å². The SMILES string of the molecule is CC(S)C(=O)[O-]. The Kier molecular flexibility index (Phi) is 2.01. The van der Waals surface area contributed by atoms with Gasteiger partial charge in [-0.15, -0.1) is 0 Å². The second-order valence-electron chi connectivity index (χ2n) is 0.995. The third kappa shape index (κ3) is 2.08. The number of hydrogen-bond donors (Lipinski definition) is 1. The van der Waals surface area contributed by atoms with Crippen LogP contribution in [0.25, 0.3) is 0 Å². The van der Waals surface area contributed by atoms with E-state index in [1.54, 1.807) is 0 Å². The molecule has 0 spiro atoms. The van der Waals surface area contributed by atoms with Gasteiger partial charge in [0.25, 0.3) is 0 Å². The van der Waals surface area contributed by atoms with E-state index in [1.165, 1.54) is 6.92 Å². The molecular formula is C3H5O2S-. The van der Waals surface area contributed by atoms with Crippen molar-refractivity contribution in [1.29, 1.82) is 0 Å². The van der Waals surface area contributed by atoms with E-state index in [0.717, 1.165) is 0 Å². The van der Waals surface area contributed by atoms with Gasteiger partial charge in [0.15, 0.2) is 0 Å². The second kappa shape index (κ2) is 2.08. The van der Waals surface area contributed by atoms with Gasteiger partial charge in [-0.05, 0) is 6.92 Å². The molecule has 0 aliphatic rings. The van der Waals surface area contributed by atoms with Gasteiger partial charge < -0.3 is 9.90 Å². The molecule has 6 heavy (non-hydrogen) atoms. The molecule has 1 atom stereocenters. The Labute approximate surface area is 41.6 Å². The monoisotopic (exact) mass is 105 g/mol. The number of carboxylic acids is 1. The summed E-state index contributed by atoms with van der Waals surface area (Å²) in [5.41, 5.74) is 0. The third-order valence-corrected chi connectivity index (χ3v) is 0.552. The molecule has 3 heteroatoms. The molecular weight excluding hydrogens is 100 g/mol. The molecule has 2 nitrogen and oxygen atoms in total. The lowest BCUT2D eigenvalue weighted by Gasteiger charge is -2.00. The summed E-state index contributed by atoms with van der Waals surface area (Å²) >= 11 is 3.53. The molecule has 36 valence electrons. The minimum absolute atomic E-state index is 0.648. The van der Waals surface area contributed by atoms with Crippen molar-refractivity contribution >= 4 is 18.6 Å². The molecule has 0 fully saturated rings. The molecule has 0 aliphatic heterocycles. The summed E-state index contributed by atoms with van der Waals surface area (Å²) < 4.78 is 0. The van der Waals surface area contributed by atoms with Gasteiger partial charge in [-0.25, -0.2) is 0 Å². The van der Waals surface area contributed by atoms with E-state index in [0.29, 0.717) is 0 Å². The Bertz CT molecular complexity index is 59.8. The zero-order valence-corrected chi connectivity index (χ0v) is 4.24. The average molecular weight is 105 g/mol. The van der Waals surface area contributed by atoms with Crippen molar-refractivity contribution in [1.82, 2.24) is 0 Å². The maximum atomic E-state index is 9.51. The minimum Gasteiger partial charge on any atom is -0.549 e. The number of carbonyl (C=O) groups excluding carboxylic acids is 1. The topological polar surface area (TPSA) is 40.1 Å². The van der Waals surface area contributed by atoms with Crippen LogP contribution in [0.2, 0.25) is 0 Å². The van der Waals surface area contributed by atoms with Crippen LogP contribution < -0.4 is 5.11 Å². The number of hydrogen-bond acceptors (Lipinski definition) is 3. The van der Waals surface area contributed by atoms with Crippen LogP contribution in [0.1, 0.15) is 6.92 Å². The lowest BCUT2D eigenvalue weighted by Crippen LogP contribution is -2.29. The highest BCUT2D eigenvalue weighted by Crippen LogP contribution is 1.85. The van der Waals surface area contributed by atoms with Gasteiger partial charge in [0.1, 0.15) is 0 Å². The van der Waals surface area contributed by atoms with Crippen LogP contribution in [-0.4, -0.2) is 11.2 Å². The highest BCUT2D eigenvalue weighted by Gasteiger charge is 1.88. The van der Waals surface area contributed by atoms with Crippen molar-refractivity contribution in [3.63, 3.8) is 0 Å². The third-order valence-electron chi connectivity index (χ3n) is 0.341. The molecule has 0 rings (SSSR count). The zero-order chi connectivity index (χ0) is 5.15. The van der Waals surface area contributed by atoms with Crippen molar-refractivity contribution in [2.45, 2.75) is 12.2 Å². The second-order valence-corrected chi connectivity index (χ2v) is 1.77. The summed E-state index contributed by atoms with van der Waals surface area (Å²) in [6, 6.07) is 0. The molecule has 0 saturated heterocycles. The Morgan fingerprint density at radius 1 is 2.00 bits per heavy atom. The molecule has 0 aromatic rings. The van der Waals surface area contributed by atoms with E-state index in [4.69, 9.17) is 0 Å². The van der Waals surface area contributed by atoms with E-state index in [2.05, 4.69) is 12.6 Å². The summed E-state index contributed by atoms with van der Waals surface area (Å²) in [7, 11) is 0. The number of carboxylic acid groups (broad SMARTS) is 1. The van der Waals surface area contributed by atoms with E-state index in [-0.39, 0.29) is 0 Å². The van der Waals surface area contributed by atoms with E-state index >= 15 is 0 Å². The Balaban J connectivity index is 3.26. The van der Waals surface area contributed by atoms with Crippen LogP contribution in [0.4, 0.5) is 0 Å². The van der Waals surface area contributed by atoms with Crippen molar-refractivity contribution in [3.05, 3.63) is 0 Å². The van der Waals surface area contributed by atoms with E-state index in [1.807, 2.05) is 0 Å². The van der Waals surface area contributed by atoms with Crippen LogP contribution in [0.15, 0.2) is 0 Å². The number of carbonyl (C=O) groups is 1. The first-order chi connectivity index (χ1) is 2.64. The van der Waals surface area contributed by atoms with Crippen LogP contribution in [0.5, 0.6) is 0 Å². The number of aliphatic carboxylic acids is 1. The molecule has 0 aliphatic carbocycles. The van der Waals surface area contributed by atoms with Gasteiger partial charge >= 0.3 is 0 Å². The van der Waals surface area contributed by atoms with E-state index < -0.39 is 11.2 Å². The molecule has 0 bridgehead atoms. The normalized spacial score (nSPS) is 13.7. The first kappa shape index (κ1) is 5.82. The first-order valence-corrected chi connectivity index (χ1v) is 2.05. The van der Waals surface area contributed by atoms with Crippen LogP contribution in [-0.2, 0) is 4.79 Å². The fourth-order valence-corrected chi connectivity index (χ4v) is 0. The minimum atomic E-state index is -1.13. The molecule has 0 saturated carbocycles. The van der Waals surface area contributed by atoms with E-state index in [9.17, 15) is 9.90 Å². The molecule has 1 unspecified atom stereocenters. The molecule has 0 heterocycles. The van der Waals surface area contributed by atoms with Crippen molar-refractivity contribution < 1.29 is 9.90 Å². The van der Waals surface area contributed by atoms with Crippen LogP contribution >= 0.6 is 12.6 Å². The standard InChI is InChI=1S/C3H6O2S/c1-2(6)3(4)5/h2,6H,1H3,(H,4,5)/p-1. The molecule has 0 amide bonds. The zero-order valence-electron chi connectivity index (χ0n) is 3.34. The molecule has 0 aromatic carbocycles. The highest BCUT2D eigenvalue weighted by molar-refractivity contribution is 7.81. The Morgan fingerprint density at radius 2 is 2.17 bits per heavy atom. The quantitative estimate of drug-likeness (QED) is 0.437. The fraction of sp³-hybridized carbons (Fsp3) is 0.667. The molecule has 0 aromatic heterocycles. The summed E-state index contributed by atoms with van der Waals surface area (Å²) in [5, 5.41) is 8.86. The summed E-state index contributed by atoms with van der Waals surface area (Å²) in [4.78, 5) is 9.51. The van der Waals surface area contributed by atoms with Gasteiger partial charge in [0.2, 0.25) is 0 Å². The van der Waals surface area contributed by atoms with Crippen LogP contribution in [0, 0.1) is 0 Å². The van der Waals surface area contributed by atoms with Gasteiger partial charge in [-0.1, -0.05) is 0 Å². The highest BCUT2D eigenvalue weighted by atomic mass is 32.1. The van der Waals surface area contributed by atoms with Gasteiger partial charge in [0, 0.05) is 5.25 Å². The lowest BCUT2D eigenvalue weighted by molar-refractivity contribution is -0.304. The van der Waals surface area contributed by atoms with Gasteiger partial charge in [0.05, 0.1) is 5.97 Å². The Morgan fingerprint density at radius 3 is 2.17 bits per heavy atom. The van der Waals surface area contributed by atoms with Gasteiger partial charge in [-0.3, -0.25) is 0 Å². The summed E-state index contributed by atoms with van der Waals surface area (Å²) in [5.74, 6) is -1.13. The maximum Gasteiger partial charge on any atom is 0.0539 e. The first-order valence-electron chi connectivity index (χ1n) is 1.53. The summed E-state index contributed by atoms with van der Waals surface area (Å²) in [6.07, 6.45) is 0. The number of thiol groups is 1. The smallest absolute Gasteiger partial charge is 0.0539 e. The number of rotatable bonds is 1. The van der Waals surface area contributed by atoms with Gasteiger partial charge in [-0.2, -0.15) is 12.6 Å². The lowest BCUT2D eigenvalue weighted by atomic mass is 10.5. The van der Waals surface area contributed by atoms with Crippen LogP contribution in [0.3, 0.4) is 0 Å². The average Bonchev–Trinajstić information content (AvgIpc) is 1.36. The summed E-state index contributed by atoms with van der Waals surface area (Å²) in [6.45, 7) is 1.44. The van der Waals surface area contributed by atoms with Crippen molar-refractivity contribution in [3.8, 4) is 0 Å². The Hall–Kier alpha value is -0.180. The molecule has 0 N–H and O–H groups in total.